The van der Waals surface area contributed by atoms with Gasteiger partial charge in [0.25, 0.3) is 0 Å². The number of H-pyrrole nitrogens is 2. The van der Waals surface area contributed by atoms with Gasteiger partial charge in [0.05, 0.1) is 41.6 Å². The van der Waals surface area contributed by atoms with Gasteiger partial charge in [-0.25, -0.2) is 14.8 Å². The number of ether oxygens (including phenoxy) is 2. The van der Waals surface area contributed by atoms with E-state index in [-0.39, 0.29) is 12.1 Å². The Hall–Kier alpha value is -4.57. The zero-order valence-corrected chi connectivity index (χ0v) is 28.0. The van der Waals surface area contributed by atoms with Crippen molar-refractivity contribution in [3.63, 3.8) is 0 Å². The highest BCUT2D eigenvalue weighted by molar-refractivity contribution is 5.97. The largest absolute Gasteiger partial charge is 0.482 e. The van der Waals surface area contributed by atoms with Crippen LogP contribution in [0.25, 0.3) is 44.7 Å². The summed E-state index contributed by atoms with van der Waals surface area (Å²) < 4.78 is 14.8. The minimum atomic E-state index is -0.567. The zero-order valence-electron chi connectivity index (χ0n) is 28.0. The van der Waals surface area contributed by atoms with E-state index >= 15 is 0 Å². The van der Waals surface area contributed by atoms with Gasteiger partial charge >= 0.3 is 6.09 Å². The number of aromatic nitrogens is 5. The Kier molecular flexibility index (Phi) is 6.81. The molecule has 2 aromatic carbocycles. The van der Waals surface area contributed by atoms with Crippen molar-refractivity contribution in [2.45, 2.75) is 83.6 Å². The first-order valence-corrected chi connectivity index (χ1v) is 16.8. The first kappa shape index (κ1) is 29.8. The summed E-state index contributed by atoms with van der Waals surface area (Å²) in [5, 5.41) is 4.67. The van der Waals surface area contributed by atoms with Crippen molar-refractivity contribution >= 4 is 17.0 Å². The van der Waals surface area contributed by atoms with Crippen LogP contribution in [-0.2, 0) is 17.4 Å². The van der Waals surface area contributed by atoms with Crippen LogP contribution in [0.15, 0.2) is 48.8 Å². The van der Waals surface area contributed by atoms with Crippen LogP contribution >= 0.6 is 0 Å². The summed E-state index contributed by atoms with van der Waals surface area (Å²) in [7, 11) is 2.13. The van der Waals surface area contributed by atoms with Crippen molar-refractivity contribution in [1.29, 1.82) is 0 Å². The van der Waals surface area contributed by atoms with Crippen LogP contribution in [-0.4, -0.2) is 54.2 Å². The number of nitrogens with one attached hydrogen (secondary N) is 3. The van der Waals surface area contributed by atoms with Crippen LogP contribution in [0.5, 0.6) is 5.75 Å². The van der Waals surface area contributed by atoms with E-state index in [2.05, 4.69) is 82.1 Å². The number of aromatic amines is 2. The van der Waals surface area contributed by atoms with E-state index in [4.69, 9.17) is 14.5 Å². The number of fused-ring (bicyclic) bond motifs is 5. The van der Waals surface area contributed by atoms with Gasteiger partial charge in [0.1, 0.15) is 28.6 Å². The molecule has 2 unspecified atom stereocenters. The lowest BCUT2D eigenvalue weighted by Crippen LogP contribution is -2.36. The van der Waals surface area contributed by atoms with Gasteiger partial charge in [-0.3, -0.25) is 4.90 Å². The molecule has 8 rings (SSSR count). The first-order valence-electron chi connectivity index (χ1n) is 16.8. The summed E-state index contributed by atoms with van der Waals surface area (Å²) in [4.78, 5) is 31.2. The number of aryl methyl sites for hydroxylation is 1. The van der Waals surface area contributed by atoms with Crippen molar-refractivity contribution < 1.29 is 14.3 Å². The molecule has 2 saturated heterocycles. The highest BCUT2D eigenvalue weighted by Gasteiger charge is 2.38. The fraction of sp³-hybridized carbons (Fsp3) is 0.432. The predicted octanol–water partition coefficient (Wildman–Crippen LogP) is 7.75. The molecule has 0 radical (unpaired) electrons. The Bertz CT molecular complexity index is 2000. The van der Waals surface area contributed by atoms with Crippen LogP contribution in [0.3, 0.4) is 0 Å². The number of nitrogens with zero attached hydrogens (tertiary/aromatic N) is 4. The number of carbonyl (C=O) groups excluding carboxylic acids is 1. The third kappa shape index (κ3) is 5.10. The second kappa shape index (κ2) is 10.7. The number of amides is 1. The monoisotopic (exact) mass is 633 g/mol. The number of benzene rings is 2. The fourth-order valence-electron chi connectivity index (χ4n) is 7.65. The second-order valence-electron chi connectivity index (χ2n) is 14.7. The average molecular weight is 634 g/mol. The molecule has 47 heavy (non-hydrogen) atoms. The number of carbonyl (C=O) groups is 1. The van der Waals surface area contributed by atoms with E-state index in [9.17, 15) is 4.79 Å². The summed E-state index contributed by atoms with van der Waals surface area (Å²) in [6.07, 6.45) is 7.56. The smallest absolute Gasteiger partial charge is 0.410 e. The Morgan fingerprint density at radius 1 is 0.979 bits per heavy atom. The molecule has 0 aliphatic carbocycles. The first-order chi connectivity index (χ1) is 22.5. The molecule has 0 spiro atoms. The molecule has 3 aliphatic heterocycles. The number of rotatable bonds is 4. The SMILES string of the molecule is Cn1c2c(c3cc(-c4cnc(C5CCCN5C(=O)OC(C)(C)C)[nH]4)ccc31)C(C)(C)Oc1cc(-c3cnc(C4CCCN4)[nH]3)ccc1-2. The van der Waals surface area contributed by atoms with Crippen LogP contribution < -0.4 is 10.1 Å². The molecule has 3 N–H and O–H groups in total. The third-order valence-corrected chi connectivity index (χ3v) is 9.80. The van der Waals surface area contributed by atoms with Crippen molar-refractivity contribution in [3.8, 4) is 39.5 Å². The Labute approximate surface area is 274 Å². The summed E-state index contributed by atoms with van der Waals surface area (Å²) in [6.45, 7) is 11.7. The van der Waals surface area contributed by atoms with E-state index in [1.807, 2.05) is 33.2 Å². The predicted molar refractivity (Wildman–Crippen MR) is 182 cm³/mol. The molecule has 3 aliphatic rings. The van der Waals surface area contributed by atoms with Crippen molar-refractivity contribution in [2.24, 2.45) is 7.05 Å². The quantitative estimate of drug-likeness (QED) is 0.187. The maximum absolute atomic E-state index is 12.9. The standard InChI is InChI=1S/C37H43N7O3/c1-36(2,3)47-35(45)44-16-8-10-29(44)34-40-20-26(42-34)21-12-14-28-24(17-21)31-32(43(28)6)23-13-11-22(18-30(23)46-37(31,4)5)27-19-39-33(41-27)25-9-7-15-38-25/h11-14,17-20,25,29,38H,7-10,15-16H2,1-6H3,(H,39,41)(H,40,42). The van der Waals surface area contributed by atoms with Crippen molar-refractivity contribution in [2.75, 3.05) is 13.1 Å². The molecule has 0 saturated carbocycles. The Morgan fingerprint density at radius 2 is 1.70 bits per heavy atom. The van der Waals surface area contributed by atoms with E-state index in [0.29, 0.717) is 12.6 Å². The highest BCUT2D eigenvalue weighted by atomic mass is 16.6. The molecule has 2 fully saturated rings. The third-order valence-electron chi connectivity index (χ3n) is 9.80. The van der Waals surface area contributed by atoms with E-state index in [1.54, 1.807) is 4.90 Å². The second-order valence-corrected chi connectivity index (χ2v) is 14.7. The van der Waals surface area contributed by atoms with Gasteiger partial charge in [0.2, 0.25) is 0 Å². The molecule has 6 heterocycles. The lowest BCUT2D eigenvalue weighted by Gasteiger charge is -2.34. The molecular weight excluding hydrogens is 590 g/mol. The summed E-state index contributed by atoms with van der Waals surface area (Å²) in [5.74, 6) is 2.65. The minimum absolute atomic E-state index is 0.131. The van der Waals surface area contributed by atoms with Gasteiger partial charge in [0.15, 0.2) is 0 Å². The molecule has 3 aromatic heterocycles. The highest BCUT2D eigenvalue weighted by Crippen LogP contribution is 2.50. The molecule has 0 bridgehead atoms. The topological polar surface area (TPSA) is 113 Å². The number of hydrogen-bond donors (Lipinski definition) is 3. The van der Waals surface area contributed by atoms with Crippen molar-refractivity contribution in [3.05, 3.63) is 66.0 Å². The number of hydrogen-bond acceptors (Lipinski definition) is 6. The van der Waals surface area contributed by atoms with Gasteiger partial charge < -0.3 is 29.3 Å². The van der Waals surface area contributed by atoms with Gasteiger partial charge in [-0.1, -0.05) is 12.1 Å². The molecule has 10 nitrogen and oxygen atoms in total. The van der Waals surface area contributed by atoms with E-state index in [0.717, 1.165) is 82.2 Å². The zero-order chi connectivity index (χ0) is 32.7. The minimum Gasteiger partial charge on any atom is -0.482 e. The van der Waals surface area contributed by atoms with Crippen LogP contribution in [0, 0.1) is 0 Å². The Morgan fingerprint density at radius 3 is 2.45 bits per heavy atom. The van der Waals surface area contributed by atoms with E-state index < -0.39 is 11.2 Å². The molecular formula is C37H43N7O3. The van der Waals surface area contributed by atoms with Crippen LogP contribution in [0.2, 0.25) is 0 Å². The Balaban J connectivity index is 1.13. The van der Waals surface area contributed by atoms with Gasteiger partial charge in [-0.15, -0.1) is 0 Å². The van der Waals surface area contributed by atoms with Crippen molar-refractivity contribution in [1.82, 2.24) is 34.7 Å². The average Bonchev–Trinajstić information content (AvgIpc) is 3.85. The van der Waals surface area contributed by atoms with Crippen LogP contribution in [0.4, 0.5) is 4.79 Å². The van der Waals surface area contributed by atoms with Crippen LogP contribution in [0.1, 0.15) is 89.6 Å². The van der Waals surface area contributed by atoms with Gasteiger partial charge in [0, 0.05) is 46.7 Å². The lowest BCUT2D eigenvalue weighted by molar-refractivity contribution is 0.0218. The lowest BCUT2D eigenvalue weighted by atomic mass is 9.88. The molecule has 10 heteroatoms. The normalized spacial score (nSPS) is 20.3. The molecule has 244 valence electrons. The van der Waals surface area contributed by atoms with E-state index in [1.165, 1.54) is 17.7 Å². The maximum atomic E-state index is 12.9. The summed E-state index contributed by atoms with van der Waals surface area (Å²) >= 11 is 0. The molecule has 1 amide bonds. The van der Waals surface area contributed by atoms with Gasteiger partial charge in [-0.05, 0) is 91.1 Å². The number of likely N-dealkylation sites (tertiary alicyclic amines) is 1. The maximum Gasteiger partial charge on any atom is 0.410 e. The van der Waals surface area contributed by atoms with Gasteiger partial charge in [-0.2, -0.15) is 0 Å². The molecule has 5 aromatic rings. The fourth-order valence-corrected chi connectivity index (χ4v) is 7.65. The number of imidazole rings is 2. The molecule has 2 atom stereocenters. The summed E-state index contributed by atoms with van der Waals surface area (Å²) in [5.41, 5.74) is 7.45. The summed E-state index contributed by atoms with van der Waals surface area (Å²) in [6, 6.07) is 13.2.